The van der Waals surface area contributed by atoms with E-state index in [1.807, 2.05) is 48.5 Å². The first-order chi connectivity index (χ1) is 8.20. The summed E-state index contributed by atoms with van der Waals surface area (Å²) in [7, 11) is 0. The van der Waals surface area contributed by atoms with Crippen molar-refractivity contribution < 1.29 is 4.79 Å². The third kappa shape index (κ3) is 3.05. The second-order valence-corrected chi connectivity index (χ2v) is 5.14. The summed E-state index contributed by atoms with van der Waals surface area (Å²) < 4.78 is 0.976. The molecule has 0 fully saturated rings. The molecule has 0 N–H and O–H groups in total. The van der Waals surface area contributed by atoms with E-state index in [-0.39, 0.29) is 5.78 Å². The van der Waals surface area contributed by atoms with Crippen LogP contribution in [0.15, 0.2) is 53.0 Å². The van der Waals surface area contributed by atoms with Gasteiger partial charge in [0.2, 0.25) is 0 Å². The van der Waals surface area contributed by atoms with Gasteiger partial charge in [-0.1, -0.05) is 56.1 Å². The fraction of sp³-hybridized carbons (Fsp3) is 0.0714. The molecule has 0 saturated heterocycles. The predicted molar refractivity (Wildman–Crippen MR) is 76.6 cm³/mol. The monoisotopic (exact) mass is 352 g/mol. The summed E-state index contributed by atoms with van der Waals surface area (Å²) in [5.41, 5.74) is 2.59. The van der Waals surface area contributed by atoms with Crippen LogP contribution in [0.3, 0.4) is 0 Å². The lowest BCUT2D eigenvalue weighted by Gasteiger charge is -2.02. The Bertz CT molecular complexity index is 515. The molecule has 0 aliphatic carbocycles. The van der Waals surface area contributed by atoms with E-state index in [1.54, 1.807) is 0 Å². The van der Waals surface area contributed by atoms with Crippen LogP contribution in [0, 0.1) is 0 Å². The summed E-state index contributed by atoms with van der Waals surface area (Å²) >= 11 is 6.73. The highest BCUT2D eigenvalue weighted by Crippen LogP contribution is 2.15. The highest BCUT2D eigenvalue weighted by atomic mass is 79.9. The molecule has 0 amide bonds. The van der Waals surface area contributed by atoms with Gasteiger partial charge < -0.3 is 0 Å². The number of alkyl halides is 1. The van der Waals surface area contributed by atoms with E-state index in [4.69, 9.17) is 0 Å². The first kappa shape index (κ1) is 12.5. The number of hydrogen-bond acceptors (Lipinski definition) is 1. The molecule has 0 radical (unpaired) electrons. The summed E-state index contributed by atoms with van der Waals surface area (Å²) in [6.45, 7) is 0. The van der Waals surface area contributed by atoms with Crippen LogP contribution >= 0.6 is 31.9 Å². The lowest BCUT2D eigenvalue weighted by atomic mass is 10.0. The zero-order valence-corrected chi connectivity index (χ0v) is 12.2. The normalized spacial score (nSPS) is 10.2. The van der Waals surface area contributed by atoms with Gasteiger partial charge in [-0.2, -0.15) is 0 Å². The van der Waals surface area contributed by atoms with E-state index in [1.165, 1.54) is 0 Å². The largest absolute Gasteiger partial charge is 0.289 e. The molecule has 0 aliphatic heterocycles. The number of benzene rings is 2. The summed E-state index contributed by atoms with van der Waals surface area (Å²) in [5, 5.41) is 0.805. The Kier molecular flexibility index (Phi) is 4.13. The Hall–Kier alpha value is -0.930. The second kappa shape index (κ2) is 5.61. The molecule has 17 heavy (non-hydrogen) atoms. The Morgan fingerprint density at radius 1 is 0.882 bits per heavy atom. The number of halogens is 2. The Morgan fingerprint density at radius 3 is 1.82 bits per heavy atom. The van der Waals surface area contributed by atoms with Crippen molar-refractivity contribution >= 4 is 37.6 Å². The maximum Gasteiger partial charge on any atom is 0.193 e. The van der Waals surface area contributed by atoms with Crippen molar-refractivity contribution in [3.63, 3.8) is 0 Å². The number of carbonyl (C=O) groups is 1. The lowest BCUT2D eigenvalue weighted by molar-refractivity contribution is 0.103. The van der Waals surface area contributed by atoms with Crippen LogP contribution in [0.2, 0.25) is 0 Å². The molecule has 86 valence electrons. The molecule has 0 atom stereocenters. The van der Waals surface area contributed by atoms with E-state index < -0.39 is 0 Å². The van der Waals surface area contributed by atoms with Gasteiger partial charge in [-0.25, -0.2) is 0 Å². The van der Waals surface area contributed by atoms with Crippen molar-refractivity contribution in [2.75, 3.05) is 0 Å². The zero-order chi connectivity index (χ0) is 12.3. The van der Waals surface area contributed by atoms with Crippen molar-refractivity contribution in [2.45, 2.75) is 5.33 Å². The number of carbonyl (C=O) groups excluding carboxylic acids is 1. The molecule has 0 bridgehead atoms. The molecule has 0 unspecified atom stereocenters. The Morgan fingerprint density at radius 2 is 1.35 bits per heavy atom. The van der Waals surface area contributed by atoms with E-state index in [0.29, 0.717) is 5.56 Å². The van der Waals surface area contributed by atoms with Gasteiger partial charge in [-0.15, -0.1) is 0 Å². The third-order valence-electron chi connectivity index (χ3n) is 2.48. The average Bonchev–Trinajstić information content (AvgIpc) is 2.39. The fourth-order valence-corrected chi connectivity index (χ4v) is 2.15. The van der Waals surface area contributed by atoms with Gasteiger partial charge in [-0.3, -0.25) is 4.79 Å². The van der Waals surface area contributed by atoms with Crippen LogP contribution < -0.4 is 0 Å². The summed E-state index contributed by atoms with van der Waals surface area (Å²) in [5.74, 6) is 0.0543. The number of hydrogen-bond donors (Lipinski definition) is 0. The second-order valence-electron chi connectivity index (χ2n) is 3.67. The fourth-order valence-electron chi connectivity index (χ4n) is 1.51. The van der Waals surface area contributed by atoms with Gasteiger partial charge in [0.05, 0.1) is 0 Å². The van der Waals surface area contributed by atoms with Gasteiger partial charge in [0, 0.05) is 20.9 Å². The minimum atomic E-state index is 0.0543. The average molecular weight is 354 g/mol. The molecule has 0 saturated carbocycles. The molecular formula is C14H10Br2O. The molecular weight excluding hydrogens is 344 g/mol. The molecule has 0 spiro atoms. The molecule has 0 heterocycles. The molecule has 0 aliphatic rings. The molecule has 0 aromatic heterocycles. The maximum atomic E-state index is 12.1. The predicted octanol–water partition coefficient (Wildman–Crippen LogP) is 4.58. The molecule has 1 nitrogen and oxygen atoms in total. The van der Waals surface area contributed by atoms with Crippen molar-refractivity contribution in [1.29, 1.82) is 0 Å². The quantitative estimate of drug-likeness (QED) is 0.583. The van der Waals surface area contributed by atoms with Gasteiger partial charge in [-0.05, 0) is 29.8 Å². The van der Waals surface area contributed by atoms with Crippen molar-refractivity contribution in [3.8, 4) is 0 Å². The number of rotatable bonds is 3. The topological polar surface area (TPSA) is 17.1 Å². The van der Waals surface area contributed by atoms with Gasteiger partial charge in [0.1, 0.15) is 0 Å². The minimum absolute atomic E-state index is 0.0543. The number of ketones is 1. The molecule has 2 aromatic carbocycles. The van der Waals surface area contributed by atoms with Crippen molar-refractivity contribution in [3.05, 3.63) is 69.7 Å². The van der Waals surface area contributed by atoms with Crippen LogP contribution in [-0.4, -0.2) is 5.78 Å². The van der Waals surface area contributed by atoms with E-state index >= 15 is 0 Å². The zero-order valence-electron chi connectivity index (χ0n) is 8.99. The summed E-state index contributed by atoms with van der Waals surface area (Å²) in [4.78, 5) is 12.1. The van der Waals surface area contributed by atoms with Gasteiger partial charge in [0.15, 0.2) is 5.78 Å². The van der Waals surface area contributed by atoms with Crippen molar-refractivity contribution in [1.82, 2.24) is 0 Å². The Labute approximate surface area is 117 Å². The Balaban J connectivity index is 2.27. The minimum Gasteiger partial charge on any atom is -0.289 e. The van der Waals surface area contributed by atoms with E-state index in [9.17, 15) is 4.79 Å². The first-order valence-corrected chi connectivity index (χ1v) is 7.07. The van der Waals surface area contributed by atoms with Crippen LogP contribution in [-0.2, 0) is 5.33 Å². The highest BCUT2D eigenvalue weighted by molar-refractivity contribution is 9.10. The lowest BCUT2D eigenvalue weighted by Crippen LogP contribution is -2.00. The van der Waals surface area contributed by atoms with E-state index in [0.717, 1.165) is 20.9 Å². The molecule has 2 rings (SSSR count). The van der Waals surface area contributed by atoms with E-state index in [2.05, 4.69) is 31.9 Å². The van der Waals surface area contributed by atoms with Crippen LogP contribution in [0.1, 0.15) is 21.5 Å². The SMILES string of the molecule is O=C(c1ccc(Br)cc1)c1ccc(CBr)cc1. The third-order valence-corrected chi connectivity index (χ3v) is 3.65. The van der Waals surface area contributed by atoms with Crippen LogP contribution in [0.5, 0.6) is 0 Å². The van der Waals surface area contributed by atoms with Crippen molar-refractivity contribution in [2.24, 2.45) is 0 Å². The standard InChI is InChI=1S/C14H10Br2O/c15-9-10-1-3-11(4-2-10)14(17)12-5-7-13(16)8-6-12/h1-8H,9H2. The smallest absolute Gasteiger partial charge is 0.193 e. The van der Waals surface area contributed by atoms with Crippen LogP contribution in [0.4, 0.5) is 0 Å². The first-order valence-electron chi connectivity index (χ1n) is 5.16. The maximum absolute atomic E-state index is 12.1. The highest BCUT2D eigenvalue weighted by Gasteiger charge is 2.08. The van der Waals surface area contributed by atoms with Gasteiger partial charge in [0.25, 0.3) is 0 Å². The molecule has 2 aromatic rings. The van der Waals surface area contributed by atoms with Gasteiger partial charge >= 0.3 is 0 Å². The molecule has 3 heteroatoms. The summed E-state index contributed by atoms with van der Waals surface area (Å²) in [6.07, 6.45) is 0. The van der Waals surface area contributed by atoms with Crippen LogP contribution in [0.25, 0.3) is 0 Å². The summed E-state index contributed by atoms with van der Waals surface area (Å²) in [6, 6.07) is 15.0.